The molecule has 0 saturated heterocycles. The first-order valence-corrected chi connectivity index (χ1v) is 9.12. The van der Waals surface area contributed by atoms with Crippen LogP contribution < -0.4 is 15.4 Å². The van der Waals surface area contributed by atoms with Gasteiger partial charge >= 0.3 is 6.03 Å². The van der Waals surface area contributed by atoms with Crippen LogP contribution in [-0.2, 0) is 5.41 Å². The number of anilines is 1. The summed E-state index contributed by atoms with van der Waals surface area (Å²) in [4.78, 5) is 12.0. The zero-order valence-electron chi connectivity index (χ0n) is 16.5. The average Bonchev–Trinajstić information content (AvgIpc) is 2.57. The third kappa shape index (κ3) is 5.80. The minimum absolute atomic E-state index is 0.144. The first-order valence-electron chi connectivity index (χ1n) is 9.12. The van der Waals surface area contributed by atoms with Gasteiger partial charge < -0.3 is 15.4 Å². The molecule has 140 valence electrons. The molecular formula is C22H30N2O2. The lowest BCUT2D eigenvalue weighted by molar-refractivity contribution is 0.250. The van der Waals surface area contributed by atoms with Crippen molar-refractivity contribution in [2.45, 2.75) is 46.5 Å². The van der Waals surface area contributed by atoms with Gasteiger partial charge in [0.1, 0.15) is 5.75 Å². The van der Waals surface area contributed by atoms with Gasteiger partial charge in [-0.2, -0.15) is 0 Å². The van der Waals surface area contributed by atoms with Crippen LogP contribution in [0.5, 0.6) is 5.75 Å². The highest BCUT2D eigenvalue weighted by Gasteiger charge is 2.13. The molecule has 2 aromatic carbocycles. The fraction of sp³-hybridized carbons (Fsp3) is 0.409. The van der Waals surface area contributed by atoms with Gasteiger partial charge in [0.2, 0.25) is 0 Å². The summed E-state index contributed by atoms with van der Waals surface area (Å²) in [7, 11) is 0. The first-order chi connectivity index (χ1) is 12.3. The second-order valence-electron chi connectivity index (χ2n) is 7.62. The fourth-order valence-corrected chi connectivity index (χ4v) is 2.68. The number of amides is 2. The number of rotatable bonds is 6. The number of ether oxygens (including phenoxy) is 1. The lowest BCUT2D eigenvalue weighted by Gasteiger charge is -2.19. The third-order valence-corrected chi connectivity index (χ3v) is 4.32. The number of carbonyl (C=O) groups is 1. The number of hydrogen-bond donors (Lipinski definition) is 2. The molecule has 0 aliphatic heterocycles. The summed E-state index contributed by atoms with van der Waals surface area (Å²) in [5.74, 6) is 0.859. The molecule has 0 atom stereocenters. The quantitative estimate of drug-likeness (QED) is 0.701. The van der Waals surface area contributed by atoms with Crippen LogP contribution in [0, 0.1) is 13.8 Å². The molecule has 0 spiro atoms. The number of urea groups is 1. The lowest BCUT2D eigenvalue weighted by atomic mass is 9.87. The van der Waals surface area contributed by atoms with E-state index in [0.29, 0.717) is 13.2 Å². The van der Waals surface area contributed by atoms with Crippen LogP contribution in [0.15, 0.2) is 42.5 Å². The van der Waals surface area contributed by atoms with Gasteiger partial charge in [0.05, 0.1) is 6.61 Å². The Kier molecular flexibility index (Phi) is 6.67. The van der Waals surface area contributed by atoms with Crippen molar-refractivity contribution in [3.8, 4) is 5.75 Å². The molecule has 0 aliphatic rings. The summed E-state index contributed by atoms with van der Waals surface area (Å²) in [5, 5.41) is 5.79. The third-order valence-electron chi connectivity index (χ3n) is 4.32. The minimum atomic E-state index is -0.183. The van der Waals surface area contributed by atoms with E-state index < -0.39 is 0 Å². The van der Waals surface area contributed by atoms with Crippen molar-refractivity contribution in [3.63, 3.8) is 0 Å². The largest absolute Gasteiger partial charge is 0.494 e. The Hall–Kier alpha value is -2.49. The van der Waals surface area contributed by atoms with E-state index in [1.54, 1.807) is 0 Å². The van der Waals surface area contributed by atoms with Crippen LogP contribution in [0.2, 0.25) is 0 Å². The van der Waals surface area contributed by atoms with Crippen LogP contribution in [0.25, 0.3) is 0 Å². The molecule has 0 bridgehead atoms. The number of aryl methyl sites for hydroxylation is 2. The highest BCUT2D eigenvalue weighted by atomic mass is 16.5. The zero-order chi connectivity index (χ0) is 19.2. The van der Waals surface area contributed by atoms with Crippen molar-refractivity contribution < 1.29 is 9.53 Å². The number of hydrogen-bond acceptors (Lipinski definition) is 2. The van der Waals surface area contributed by atoms with Gasteiger partial charge in [-0.3, -0.25) is 0 Å². The topological polar surface area (TPSA) is 50.4 Å². The van der Waals surface area contributed by atoms with E-state index in [0.717, 1.165) is 29.0 Å². The monoisotopic (exact) mass is 354 g/mol. The van der Waals surface area contributed by atoms with E-state index in [1.165, 1.54) is 5.56 Å². The van der Waals surface area contributed by atoms with Gasteiger partial charge in [0.15, 0.2) is 0 Å². The molecule has 0 aliphatic carbocycles. The normalized spacial score (nSPS) is 11.1. The molecule has 2 rings (SSSR count). The van der Waals surface area contributed by atoms with Gasteiger partial charge in [-0.05, 0) is 54.5 Å². The van der Waals surface area contributed by atoms with Crippen LogP contribution in [0.3, 0.4) is 0 Å². The number of carbonyl (C=O) groups excluding carboxylic acids is 1. The smallest absolute Gasteiger partial charge is 0.319 e. The average molecular weight is 354 g/mol. The molecule has 0 aromatic heterocycles. The van der Waals surface area contributed by atoms with E-state index in [2.05, 4.69) is 43.5 Å². The highest BCUT2D eigenvalue weighted by molar-refractivity contribution is 5.90. The maximum atomic E-state index is 12.0. The highest BCUT2D eigenvalue weighted by Crippen LogP contribution is 2.24. The molecule has 2 aromatic rings. The molecule has 0 heterocycles. The standard InChI is InChI=1S/C22H30N2O2/c1-16-8-6-9-17(2)20(16)24-21(25)23-14-7-15-26-19-12-10-18(11-13-19)22(3,4)5/h6,8-13H,7,14-15H2,1-5H3,(H2,23,24,25). The number of benzene rings is 2. The van der Waals surface area contributed by atoms with E-state index in [-0.39, 0.29) is 11.4 Å². The van der Waals surface area contributed by atoms with Crippen LogP contribution >= 0.6 is 0 Å². The summed E-state index contributed by atoms with van der Waals surface area (Å²) >= 11 is 0. The summed E-state index contributed by atoms with van der Waals surface area (Å²) in [5.41, 5.74) is 4.42. The molecule has 4 nitrogen and oxygen atoms in total. The van der Waals surface area contributed by atoms with Crippen molar-refractivity contribution in [1.82, 2.24) is 5.32 Å². The summed E-state index contributed by atoms with van der Waals surface area (Å²) < 4.78 is 5.74. The Morgan fingerprint density at radius 3 is 2.19 bits per heavy atom. The summed E-state index contributed by atoms with van der Waals surface area (Å²) in [6.45, 7) is 11.7. The first kappa shape index (κ1) is 19.8. The molecular weight excluding hydrogens is 324 g/mol. The lowest BCUT2D eigenvalue weighted by Crippen LogP contribution is -2.30. The van der Waals surface area contributed by atoms with Crippen molar-refractivity contribution in [2.24, 2.45) is 0 Å². The molecule has 0 radical (unpaired) electrons. The van der Waals surface area contributed by atoms with Crippen LogP contribution in [0.1, 0.15) is 43.9 Å². The Balaban J connectivity index is 1.70. The second-order valence-corrected chi connectivity index (χ2v) is 7.62. The van der Waals surface area contributed by atoms with Crippen molar-refractivity contribution in [3.05, 3.63) is 59.2 Å². The number of nitrogens with one attached hydrogen (secondary N) is 2. The molecule has 26 heavy (non-hydrogen) atoms. The predicted molar refractivity (Wildman–Crippen MR) is 108 cm³/mol. The minimum Gasteiger partial charge on any atom is -0.494 e. The second kappa shape index (κ2) is 8.75. The maximum Gasteiger partial charge on any atom is 0.319 e. The van der Waals surface area contributed by atoms with E-state index in [9.17, 15) is 4.79 Å². The molecule has 0 unspecified atom stereocenters. The Morgan fingerprint density at radius 1 is 1.00 bits per heavy atom. The van der Waals surface area contributed by atoms with Crippen molar-refractivity contribution >= 4 is 11.7 Å². The summed E-state index contributed by atoms with van der Waals surface area (Å²) in [6.07, 6.45) is 0.751. The van der Waals surface area contributed by atoms with Crippen LogP contribution in [-0.4, -0.2) is 19.2 Å². The van der Waals surface area contributed by atoms with E-state index in [1.807, 2.05) is 44.2 Å². The van der Waals surface area contributed by atoms with Gasteiger partial charge in [-0.25, -0.2) is 4.79 Å². The Morgan fingerprint density at radius 2 is 1.62 bits per heavy atom. The predicted octanol–water partition coefficient (Wildman–Crippen LogP) is 5.19. The fourth-order valence-electron chi connectivity index (χ4n) is 2.68. The Labute approximate surface area is 157 Å². The SMILES string of the molecule is Cc1cccc(C)c1NC(=O)NCCCOc1ccc(C(C)(C)C)cc1. The number of para-hydroxylation sites is 1. The van der Waals surface area contributed by atoms with Crippen molar-refractivity contribution in [1.29, 1.82) is 0 Å². The summed E-state index contributed by atoms with van der Waals surface area (Å²) in [6, 6.07) is 14.0. The van der Waals surface area contributed by atoms with Gasteiger partial charge in [0, 0.05) is 12.2 Å². The van der Waals surface area contributed by atoms with E-state index >= 15 is 0 Å². The van der Waals surface area contributed by atoms with Gasteiger partial charge in [0.25, 0.3) is 0 Å². The molecule has 0 fully saturated rings. The molecule has 4 heteroatoms. The molecule has 0 saturated carbocycles. The van der Waals surface area contributed by atoms with E-state index in [4.69, 9.17) is 4.74 Å². The zero-order valence-corrected chi connectivity index (χ0v) is 16.5. The van der Waals surface area contributed by atoms with Gasteiger partial charge in [-0.15, -0.1) is 0 Å². The Bertz CT molecular complexity index is 711. The maximum absolute atomic E-state index is 12.0. The molecule has 2 N–H and O–H groups in total. The van der Waals surface area contributed by atoms with Gasteiger partial charge in [-0.1, -0.05) is 51.1 Å². The molecule has 2 amide bonds. The van der Waals surface area contributed by atoms with Crippen LogP contribution in [0.4, 0.5) is 10.5 Å². The van der Waals surface area contributed by atoms with Crippen molar-refractivity contribution in [2.75, 3.05) is 18.5 Å².